The standard InChI is InChI=1S/C14H25ClN6O2/c1-6-21(7-2)12-19-10(15)18-11(20-12)16-8-9-17-13(22)23-14(3,4)5/h6-9H2,1-5H3,(H,17,22)(H,16,18,19,20). The molecule has 0 bridgehead atoms. The molecule has 0 unspecified atom stereocenters. The minimum atomic E-state index is -0.516. The highest BCUT2D eigenvalue weighted by Gasteiger charge is 2.15. The van der Waals surface area contributed by atoms with Gasteiger partial charge in [-0.25, -0.2) is 4.79 Å². The highest BCUT2D eigenvalue weighted by atomic mass is 35.5. The zero-order valence-corrected chi connectivity index (χ0v) is 15.1. The third kappa shape index (κ3) is 7.32. The third-order valence-electron chi connectivity index (χ3n) is 2.72. The van der Waals surface area contributed by atoms with Gasteiger partial charge in [-0.2, -0.15) is 15.0 Å². The summed E-state index contributed by atoms with van der Waals surface area (Å²) in [7, 11) is 0. The van der Waals surface area contributed by atoms with Crippen molar-refractivity contribution < 1.29 is 9.53 Å². The first-order chi connectivity index (χ1) is 10.7. The second kappa shape index (κ2) is 8.71. The second-order valence-corrected chi connectivity index (χ2v) is 6.09. The summed E-state index contributed by atoms with van der Waals surface area (Å²) in [6, 6.07) is 0. The molecule has 1 amide bonds. The van der Waals surface area contributed by atoms with E-state index < -0.39 is 11.7 Å². The van der Waals surface area contributed by atoms with Crippen LogP contribution in [0.3, 0.4) is 0 Å². The molecule has 0 aliphatic heterocycles. The lowest BCUT2D eigenvalue weighted by Gasteiger charge is -2.20. The van der Waals surface area contributed by atoms with E-state index in [9.17, 15) is 4.79 Å². The number of hydrogen-bond acceptors (Lipinski definition) is 7. The molecular weight excluding hydrogens is 320 g/mol. The smallest absolute Gasteiger partial charge is 0.407 e. The summed E-state index contributed by atoms with van der Waals surface area (Å²) >= 11 is 5.93. The number of carbonyl (C=O) groups excluding carboxylic acids is 1. The fraction of sp³-hybridized carbons (Fsp3) is 0.714. The summed E-state index contributed by atoms with van der Waals surface area (Å²) in [6.07, 6.45) is -0.461. The summed E-state index contributed by atoms with van der Waals surface area (Å²) < 4.78 is 5.14. The molecule has 1 heterocycles. The van der Waals surface area contributed by atoms with Crippen molar-refractivity contribution in [3.63, 3.8) is 0 Å². The summed E-state index contributed by atoms with van der Waals surface area (Å²) in [6.45, 7) is 11.8. The summed E-state index contributed by atoms with van der Waals surface area (Å²) in [5.41, 5.74) is -0.516. The number of carbonyl (C=O) groups is 1. The number of rotatable bonds is 7. The van der Waals surface area contributed by atoms with Crippen LogP contribution in [0.1, 0.15) is 34.6 Å². The zero-order chi connectivity index (χ0) is 17.5. The van der Waals surface area contributed by atoms with Gasteiger partial charge in [0.25, 0.3) is 0 Å². The number of alkyl carbamates (subject to hydrolysis) is 1. The number of nitrogens with zero attached hydrogens (tertiary/aromatic N) is 4. The van der Waals surface area contributed by atoms with Gasteiger partial charge in [-0.15, -0.1) is 0 Å². The Morgan fingerprint density at radius 3 is 2.39 bits per heavy atom. The van der Waals surface area contributed by atoms with E-state index >= 15 is 0 Å². The van der Waals surface area contributed by atoms with Crippen LogP contribution in [0.2, 0.25) is 5.28 Å². The third-order valence-corrected chi connectivity index (χ3v) is 2.89. The van der Waals surface area contributed by atoms with Crippen LogP contribution >= 0.6 is 11.6 Å². The Hall–Kier alpha value is -1.83. The minimum absolute atomic E-state index is 0.129. The van der Waals surface area contributed by atoms with Crippen molar-refractivity contribution in [1.82, 2.24) is 20.3 Å². The molecule has 8 nitrogen and oxygen atoms in total. The van der Waals surface area contributed by atoms with Crippen molar-refractivity contribution in [2.24, 2.45) is 0 Å². The van der Waals surface area contributed by atoms with E-state index in [1.165, 1.54) is 0 Å². The Bertz CT molecular complexity index is 516. The topological polar surface area (TPSA) is 92.3 Å². The van der Waals surface area contributed by atoms with Crippen molar-refractivity contribution >= 4 is 29.6 Å². The highest BCUT2D eigenvalue weighted by molar-refractivity contribution is 6.28. The molecule has 0 radical (unpaired) electrons. The van der Waals surface area contributed by atoms with Gasteiger partial charge in [0.05, 0.1) is 0 Å². The lowest BCUT2D eigenvalue weighted by molar-refractivity contribution is 0.0530. The molecule has 0 aliphatic rings. The van der Waals surface area contributed by atoms with Gasteiger partial charge in [0.2, 0.25) is 17.2 Å². The van der Waals surface area contributed by atoms with Gasteiger partial charge in [0, 0.05) is 26.2 Å². The van der Waals surface area contributed by atoms with Crippen LogP contribution in [0.25, 0.3) is 0 Å². The summed E-state index contributed by atoms with van der Waals surface area (Å²) in [5.74, 6) is 0.899. The van der Waals surface area contributed by atoms with E-state index in [4.69, 9.17) is 16.3 Å². The van der Waals surface area contributed by atoms with E-state index in [2.05, 4.69) is 25.6 Å². The Morgan fingerprint density at radius 2 is 1.83 bits per heavy atom. The molecular formula is C14H25ClN6O2. The second-order valence-electron chi connectivity index (χ2n) is 5.76. The van der Waals surface area contributed by atoms with E-state index in [-0.39, 0.29) is 5.28 Å². The number of halogens is 1. The maximum atomic E-state index is 11.5. The number of nitrogens with one attached hydrogen (secondary N) is 2. The van der Waals surface area contributed by atoms with Crippen molar-refractivity contribution in [2.45, 2.75) is 40.2 Å². The van der Waals surface area contributed by atoms with Crippen molar-refractivity contribution in [3.8, 4) is 0 Å². The van der Waals surface area contributed by atoms with Gasteiger partial charge in [-0.1, -0.05) is 0 Å². The molecule has 0 aliphatic carbocycles. The molecule has 0 spiro atoms. The number of aromatic nitrogens is 3. The van der Waals surface area contributed by atoms with Gasteiger partial charge in [0.1, 0.15) is 5.60 Å². The van der Waals surface area contributed by atoms with Gasteiger partial charge in [0.15, 0.2) is 0 Å². The van der Waals surface area contributed by atoms with Crippen LogP contribution in [-0.2, 0) is 4.74 Å². The SMILES string of the molecule is CCN(CC)c1nc(Cl)nc(NCCNC(=O)OC(C)(C)C)n1. The van der Waals surface area contributed by atoms with E-state index in [0.717, 1.165) is 13.1 Å². The number of amides is 1. The van der Waals surface area contributed by atoms with E-state index in [0.29, 0.717) is 25.0 Å². The Morgan fingerprint density at radius 1 is 1.17 bits per heavy atom. The average Bonchev–Trinajstić information content (AvgIpc) is 2.42. The number of anilines is 2. The predicted octanol–water partition coefficient (Wildman–Crippen LogP) is 2.31. The van der Waals surface area contributed by atoms with Crippen LogP contribution in [0.4, 0.5) is 16.7 Å². The lowest BCUT2D eigenvalue weighted by atomic mass is 10.2. The molecule has 0 atom stereocenters. The fourth-order valence-corrected chi connectivity index (χ4v) is 1.88. The van der Waals surface area contributed by atoms with E-state index in [1.54, 1.807) is 0 Å². The van der Waals surface area contributed by atoms with Crippen molar-refractivity contribution in [2.75, 3.05) is 36.4 Å². The maximum Gasteiger partial charge on any atom is 0.407 e. The highest BCUT2D eigenvalue weighted by Crippen LogP contribution is 2.13. The molecule has 0 fully saturated rings. The summed E-state index contributed by atoms with van der Waals surface area (Å²) in [4.78, 5) is 25.9. The number of ether oxygens (including phenoxy) is 1. The normalized spacial score (nSPS) is 11.0. The van der Waals surface area contributed by atoms with Crippen LogP contribution in [0.5, 0.6) is 0 Å². The first-order valence-corrected chi connectivity index (χ1v) is 8.00. The number of hydrogen-bond donors (Lipinski definition) is 2. The first-order valence-electron chi connectivity index (χ1n) is 7.62. The van der Waals surface area contributed by atoms with Gasteiger partial charge >= 0.3 is 6.09 Å². The molecule has 9 heteroatoms. The molecule has 1 aromatic rings. The molecule has 23 heavy (non-hydrogen) atoms. The molecule has 0 saturated carbocycles. The average molecular weight is 345 g/mol. The van der Waals surface area contributed by atoms with Crippen LogP contribution in [-0.4, -0.2) is 52.8 Å². The minimum Gasteiger partial charge on any atom is -0.444 e. The van der Waals surface area contributed by atoms with Crippen LogP contribution in [0, 0.1) is 0 Å². The molecule has 0 aromatic carbocycles. The monoisotopic (exact) mass is 344 g/mol. The van der Waals surface area contributed by atoms with Crippen molar-refractivity contribution in [3.05, 3.63) is 5.28 Å². The summed E-state index contributed by atoms with van der Waals surface area (Å²) in [5, 5.41) is 5.78. The Balaban J connectivity index is 2.50. The molecule has 2 N–H and O–H groups in total. The van der Waals surface area contributed by atoms with Crippen molar-refractivity contribution in [1.29, 1.82) is 0 Å². The fourth-order valence-electron chi connectivity index (χ4n) is 1.72. The molecule has 1 aromatic heterocycles. The van der Waals surface area contributed by atoms with Gasteiger partial charge in [-0.3, -0.25) is 0 Å². The van der Waals surface area contributed by atoms with Gasteiger partial charge in [-0.05, 0) is 46.2 Å². The Labute approximate surface area is 142 Å². The predicted molar refractivity (Wildman–Crippen MR) is 91.1 cm³/mol. The largest absolute Gasteiger partial charge is 0.444 e. The molecule has 0 saturated heterocycles. The van der Waals surface area contributed by atoms with E-state index in [1.807, 2.05) is 39.5 Å². The van der Waals surface area contributed by atoms with Crippen LogP contribution in [0.15, 0.2) is 0 Å². The van der Waals surface area contributed by atoms with Crippen LogP contribution < -0.4 is 15.5 Å². The van der Waals surface area contributed by atoms with Gasteiger partial charge < -0.3 is 20.3 Å². The molecule has 130 valence electrons. The maximum absolute atomic E-state index is 11.5. The quantitative estimate of drug-likeness (QED) is 0.733. The lowest BCUT2D eigenvalue weighted by Crippen LogP contribution is -2.35. The molecule has 1 rings (SSSR count). The Kier molecular flexibility index (Phi) is 7.28. The zero-order valence-electron chi connectivity index (χ0n) is 14.3. The first kappa shape index (κ1) is 19.2.